The van der Waals surface area contributed by atoms with E-state index in [4.69, 9.17) is 22.1 Å². The summed E-state index contributed by atoms with van der Waals surface area (Å²) in [7, 11) is 1.67. The van der Waals surface area contributed by atoms with E-state index in [2.05, 4.69) is 4.90 Å². The zero-order valence-corrected chi connectivity index (χ0v) is 14.3. The SMILES string of the molecule is COc1ccccc1N1CCN(C(=O)c2cc(N)ccc2Cl)CC1. The molecule has 2 aromatic carbocycles. The molecule has 0 aliphatic carbocycles. The van der Waals surface area contributed by atoms with Crippen LogP contribution < -0.4 is 15.4 Å². The maximum Gasteiger partial charge on any atom is 0.255 e. The molecule has 1 saturated heterocycles. The highest BCUT2D eigenvalue weighted by atomic mass is 35.5. The molecule has 24 heavy (non-hydrogen) atoms. The summed E-state index contributed by atoms with van der Waals surface area (Å²) in [5.41, 5.74) is 7.82. The molecule has 0 atom stereocenters. The van der Waals surface area contributed by atoms with Gasteiger partial charge >= 0.3 is 0 Å². The van der Waals surface area contributed by atoms with Crippen molar-refractivity contribution in [3.63, 3.8) is 0 Å². The predicted octanol–water partition coefficient (Wildman–Crippen LogP) is 2.89. The summed E-state index contributed by atoms with van der Waals surface area (Å²) < 4.78 is 5.42. The molecule has 0 radical (unpaired) electrons. The van der Waals surface area contributed by atoms with E-state index in [9.17, 15) is 4.79 Å². The van der Waals surface area contributed by atoms with E-state index in [-0.39, 0.29) is 5.91 Å². The molecule has 1 aliphatic rings. The average Bonchev–Trinajstić information content (AvgIpc) is 2.63. The molecule has 1 fully saturated rings. The van der Waals surface area contributed by atoms with Crippen molar-refractivity contribution in [1.29, 1.82) is 0 Å². The van der Waals surface area contributed by atoms with Crippen LogP contribution in [0, 0.1) is 0 Å². The van der Waals surface area contributed by atoms with Gasteiger partial charge in [0.15, 0.2) is 0 Å². The minimum absolute atomic E-state index is 0.0769. The van der Waals surface area contributed by atoms with Crippen LogP contribution in [0.4, 0.5) is 11.4 Å². The fourth-order valence-corrected chi connectivity index (χ4v) is 3.12. The lowest BCUT2D eigenvalue weighted by Crippen LogP contribution is -2.49. The Labute approximate surface area is 146 Å². The van der Waals surface area contributed by atoms with Gasteiger partial charge in [-0.05, 0) is 30.3 Å². The van der Waals surface area contributed by atoms with Crippen molar-refractivity contribution in [2.75, 3.05) is 43.9 Å². The smallest absolute Gasteiger partial charge is 0.255 e. The number of carbonyl (C=O) groups is 1. The van der Waals surface area contributed by atoms with Crippen LogP contribution in [0.3, 0.4) is 0 Å². The molecule has 0 unspecified atom stereocenters. The Morgan fingerprint density at radius 1 is 1.12 bits per heavy atom. The molecular formula is C18H20ClN3O2. The number of amides is 1. The summed E-state index contributed by atoms with van der Waals surface area (Å²) in [6, 6.07) is 12.9. The Morgan fingerprint density at radius 2 is 1.83 bits per heavy atom. The summed E-state index contributed by atoms with van der Waals surface area (Å²) >= 11 is 6.14. The van der Waals surface area contributed by atoms with Gasteiger partial charge in [0, 0.05) is 31.9 Å². The number of methoxy groups -OCH3 is 1. The highest BCUT2D eigenvalue weighted by molar-refractivity contribution is 6.34. The third-order valence-electron chi connectivity index (χ3n) is 4.21. The van der Waals surface area contributed by atoms with Gasteiger partial charge in [0.2, 0.25) is 0 Å². The number of ether oxygens (including phenoxy) is 1. The number of carbonyl (C=O) groups excluding carboxylic acids is 1. The number of hydrogen-bond donors (Lipinski definition) is 1. The molecule has 2 aromatic rings. The van der Waals surface area contributed by atoms with Crippen LogP contribution in [0.1, 0.15) is 10.4 Å². The number of piperazine rings is 1. The van der Waals surface area contributed by atoms with Crippen molar-refractivity contribution in [3.05, 3.63) is 53.1 Å². The Bertz CT molecular complexity index is 743. The second kappa shape index (κ2) is 7.01. The van der Waals surface area contributed by atoms with Gasteiger partial charge in [-0.2, -0.15) is 0 Å². The number of nitrogens with zero attached hydrogens (tertiary/aromatic N) is 2. The van der Waals surface area contributed by atoms with Gasteiger partial charge in [-0.1, -0.05) is 23.7 Å². The number of halogens is 1. The van der Waals surface area contributed by atoms with Crippen molar-refractivity contribution < 1.29 is 9.53 Å². The number of nitrogens with two attached hydrogens (primary N) is 1. The first-order valence-corrected chi connectivity index (χ1v) is 8.20. The van der Waals surface area contributed by atoms with Crippen molar-refractivity contribution >= 4 is 28.9 Å². The van der Waals surface area contributed by atoms with Gasteiger partial charge in [-0.3, -0.25) is 4.79 Å². The van der Waals surface area contributed by atoms with Crippen LogP contribution in [-0.2, 0) is 0 Å². The van der Waals surface area contributed by atoms with Crippen LogP contribution in [-0.4, -0.2) is 44.1 Å². The van der Waals surface area contributed by atoms with E-state index in [1.165, 1.54) is 0 Å². The summed E-state index contributed by atoms with van der Waals surface area (Å²) in [5.74, 6) is 0.767. The first kappa shape index (κ1) is 16.5. The number of hydrogen-bond acceptors (Lipinski definition) is 4. The maximum atomic E-state index is 12.7. The predicted molar refractivity (Wildman–Crippen MR) is 97.0 cm³/mol. The average molecular weight is 346 g/mol. The molecular weight excluding hydrogens is 326 g/mol. The second-order valence-electron chi connectivity index (χ2n) is 5.69. The van der Waals surface area contributed by atoms with Crippen LogP contribution in [0.25, 0.3) is 0 Å². The zero-order chi connectivity index (χ0) is 17.1. The lowest BCUT2D eigenvalue weighted by molar-refractivity contribution is 0.0747. The van der Waals surface area contributed by atoms with E-state index >= 15 is 0 Å². The third kappa shape index (κ3) is 3.26. The molecule has 5 nitrogen and oxygen atoms in total. The normalized spacial score (nSPS) is 14.6. The first-order valence-electron chi connectivity index (χ1n) is 7.82. The molecule has 1 aliphatic heterocycles. The van der Waals surface area contributed by atoms with Crippen molar-refractivity contribution in [2.45, 2.75) is 0 Å². The summed E-state index contributed by atoms with van der Waals surface area (Å²) in [4.78, 5) is 16.7. The van der Waals surface area contributed by atoms with Crippen molar-refractivity contribution in [1.82, 2.24) is 4.90 Å². The monoisotopic (exact) mass is 345 g/mol. The Balaban J connectivity index is 1.71. The standard InChI is InChI=1S/C18H20ClN3O2/c1-24-17-5-3-2-4-16(17)21-8-10-22(11-9-21)18(23)14-12-13(20)6-7-15(14)19/h2-7,12H,8-11,20H2,1H3. The minimum atomic E-state index is -0.0769. The lowest BCUT2D eigenvalue weighted by Gasteiger charge is -2.36. The van der Waals surface area contributed by atoms with Gasteiger partial charge in [0.1, 0.15) is 5.75 Å². The zero-order valence-electron chi connectivity index (χ0n) is 13.5. The lowest BCUT2D eigenvalue weighted by atomic mass is 10.1. The van der Waals surface area contributed by atoms with Crippen LogP contribution in [0.2, 0.25) is 5.02 Å². The molecule has 126 valence electrons. The molecule has 3 rings (SSSR count). The van der Waals surface area contributed by atoms with Crippen LogP contribution >= 0.6 is 11.6 Å². The summed E-state index contributed by atoms with van der Waals surface area (Å²) in [6.45, 7) is 2.74. The van der Waals surface area contributed by atoms with E-state index < -0.39 is 0 Å². The van der Waals surface area contributed by atoms with Crippen molar-refractivity contribution in [2.24, 2.45) is 0 Å². The van der Waals surface area contributed by atoms with Crippen LogP contribution in [0.15, 0.2) is 42.5 Å². The maximum absolute atomic E-state index is 12.7. The Morgan fingerprint density at radius 3 is 2.54 bits per heavy atom. The van der Waals surface area contributed by atoms with Gasteiger partial charge in [-0.25, -0.2) is 0 Å². The van der Waals surface area contributed by atoms with Gasteiger partial charge in [-0.15, -0.1) is 0 Å². The van der Waals surface area contributed by atoms with E-state index in [1.807, 2.05) is 29.2 Å². The van der Waals surface area contributed by atoms with Gasteiger partial charge < -0.3 is 20.3 Å². The summed E-state index contributed by atoms with van der Waals surface area (Å²) in [6.07, 6.45) is 0. The number of para-hydroxylation sites is 2. The highest BCUT2D eigenvalue weighted by Crippen LogP contribution is 2.29. The molecule has 6 heteroatoms. The molecule has 0 aromatic heterocycles. The number of rotatable bonds is 3. The molecule has 0 bridgehead atoms. The fourth-order valence-electron chi connectivity index (χ4n) is 2.92. The third-order valence-corrected chi connectivity index (χ3v) is 4.54. The Kier molecular flexibility index (Phi) is 4.81. The molecule has 1 heterocycles. The number of benzene rings is 2. The number of anilines is 2. The molecule has 0 saturated carbocycles. The summed E-state index contributed by atoms with van der Waals surface area (Å²) in [5, 5.41) is 0.432. The number of nitrogen functional groups attached to an aromatic ring is 1. The highest BCUT2D eigenvalue weighted by Gasteiger charge is 2.25. The molecule has 0 spiro atoms. The minimum Gasteiger partial charge on any atom is -0.495 e. The Hall–Kier alpha value is -2.40. The molecule has 2 N–H and O–H groups in total. The largest absolute Gasteiger partial charge is 0.495 e. The molecule has 1 amide bonds. The van der Waals surface area contributed by atoms with Gasteiger partial charge in [0.25, 0.3) is 5.91 Å². The van der Waals surface area contributed by atoms with Crippen molar-refractivity contribution in [3.8, 4) is 5.75 Å². The quantitative estimate of drug-likeness (QED) is 0.869. The van der Waals surface area contributed by atoms with Gasteiger partial charge in [0.05, 0.1) is 23.4 Å². The van der Waals surface area contributed by atoms with E-state index in [0.29, 0.717) is 29.4 Å². The topological polar surface area (TPSA) is 58.8 Å². The van der Waals surface area contributed by atoms with E-state index in [1.54, 1.807) is 25.3 Å². The first-order chi connectivity index (χ1) is 11.6. The van der Waals surface area contributed by atoms with E-state index in [0.717, 1.165) is 24.5 Å². The fraction of sp³-hybridized carbons (Fsp3) is 0.278. The van der Waals surface area contributed by atoms with Crippen LogP contribution in [0.5, 0.6) is 5.75 Å². The second-order valence-corrected chi connectivity index (χ2v) is 6.10.